The molecule has 1 aliphatic heterocycles. The average molecular weight is 467 g/mol. The highest BCUT2D eigenvalue weighted by molar-refractivity contribution is 5.96. The van der Waals surface area contributed by atoms with Gasteiger partial charge in [0.1, 0.15) is 5.52 Å². The van der Waals surface area contributed by atoms with Gasteiger partial charge in [0.2, 0.25) is 0 Å². The number of primary amides is 1. The van der Waals surface area contributed by atoms with E-state index in [2.05, 4.69) is 37.5 Å². The summed E-state index contributed by atoms with van der Waals surface area (Å²) in [6.07, 6.45) is 5.08. The molecule has 0 atom stereocenters. The Hall–Kier alpha value is -4.73. The van der Waals surface area contributed by atoms with Gasteiger partial charge in [-0.2, -0.15) is 10.1 Å². The van der Waals surface area contributed by atoms with Crippen LogP contribution in [0.2, 0.25) is 0 Å². The Morgan fingerprint density at radius 1 is 1.09 bits per heavy atom. The van der Waals surface area contributed by atoms with E-state index in [1.807, 2.05) is 41.3 Å². The van der Waals surface area contributed by atoms with Gasteiger partial charge in [0.15, 0.2) is 17.1 Å². The second kappa shape index (κ2) is 8.24. The van der Waals surface area contributed by atoms with Gasteiger partial charge in [-0.05, 0) is 23.3 Å². The van der Waals surface area contributed by atoms with Gasteiger partial charge in [-0.3, -0.25) is 9.48 Å². The molecular weight excluding hydrogens is 444 g/mol. The molecule has 1 saturated heterocycles. The van der Waals surface area contributed by atoms with Gasteiger partial charge in [-0.1, -0.05) is 36.4 Å². The van der Waals surface area contributed by atoms with Gasteiger partial charge >= 0.3 is 0 Å². The summed E-state index contributed by atoms with van der Waals surface area (Å²) in [6.45, 7) is 1.31. The van der Waals surface area contributed by atoms with Crippen LogP contribution >= 0.6 is 0 Å². The minimum Gasteiger partial charge on any atom is -0.423 e. The lowest BCUT2D eigenvalue weighted by molar-refractivity contribution is 0.0995. The van der Waals surface area contributed by atoms with Crippen molar-refractivity contribution < 1.29 is 9.21 Å². The molecule has 10 nitrogen and oxygen atoms in total. The van der Waals surface area contributed by atoms with Crippen molar-refractivity contribution in [3.8, 4) is 11.1 Å². The number of hydrogen-bond acceptors (Lipinski definition) is 8. The molecule has 3 N–H and O–H groups in total. The molecule has 5 aromatic rings. The minimum atomic E-state index is -0.643. The number of amides is 1. The fourth-order valence-electron chi connectivity index (χ4n) is 4.16. The van der Waals surface area contributed by atoms with Crippen LogP contribution in [0.5, 0.6) is 0 Å². The highest BCUT2D eigenvalue weighted by atomic mass is 16.4. The number of hydrogen-bond donors (Lipinski definition) is 2. The number of benzene rings is 2. The lowest BCUT2D eigenvalue weighted by Crippen LogP contribution is -2.45. The maximum Gasteiger partial charge on any atom is 0.298 e. The zero-order valence-corrected chi connectivity index (χ0v) is 18.9. The van der Waals surface area contributed by atoms with Crippen LogP contribution in [0.4, 0.5) is 17.5 Å². The number of carbonyl (C=O) groups excluding carboxylic acids is 1. The lowest BCUT2D eigenvalue weighted by Gasteiger charge is -2.37. The van der Waals surface area contributed by atoms with Gasteiger partial charge in [-0.15, -0.1) is 0 Å². The maximum atomic E-state index is 12.0. The molecule has 3 aromatic heterocycles. The summed E-state index contributed by atoms with van der Waals surface area (Å²) in [5.41, 5.74) is 10.8. The highest BCUT2D eigenvalue weighted by Crippen LogP contribution is 2.34. The van der Waals surface area contributed by atoms with Crippen LogP contribution in [0.25, 0.3) is 22.2 Å². The molecule has 0 aliphatic carbocycles. The van der Waals surface area contributed by atoms with Crippen molar-refractivity contribution in [3.63, 3.8) is 0 Å². The highest BCUT2D eigenvalue weighted by Gasteiger charge is 2.33. The number of carbonyl (C=O) groups is 1. The molecule has 0 bridgehead atoms. The van der Waals surface area contributed by atoms with Crippen molar-refractivity contribution in [3.05, 3.63) is 78.5 Å². The molecule has 1 aliphatic rings. The second-order valence-corrected chi connectivity index (χ2v) is 8.53. The molecule has 6 rings (SSSR count). The Kier molecular flexibility index (Phi) is 4.91. The number of nitrogens with zero attached hydrogens (tertiary/aromatic N) is 6. The fourth-order valence-corrected chi connectivity index (χ4v) is 4.16. The monoisotopic (exact) mass is 466 g/mol. The van der Waals surface area contributed by atoms with Gasteiger partial charge in [0.25, 0.3) is 11.9 Å². The Morgan fingerprint density at radius 3 is 2.66 bits per heavy atom. The SMILES string of the molecule is Cn1cc(Nc2ncc(C3CN(c4nc5ccc(-c6ccccc6)cc5o4)C3)nc2C(N)=O)cn1. The third kappa shape index (κ3) is 3.95. The normalized spacial score (nSPS) is 13.7. The van der Waals surface area contributed by atoms with Crippen LogP contribution in [-0.2, 0) is 7.05 Å². The van der Waals surface area contributed by atoms with Crippen molar-refractivity contribution in [1.82, 2.24) is 24.7 Å². The van der Waals surface area contributed by atoms with Crippen molar-refractivity contribution >= 4 is 34.5 Å². The van der Waals surface area contributed by atoms with E-state index in [0.29, 0.717) is 36.3 Å². The number of aromatic nitrogens is 5. The van der Waals surface area contributed by atoms with Crippen LogP contribution in [0.1, 0.15) is 22.1 Å². The molecule has 35 heavy (non-hydrogen) atoms. The minimum absolute atomic E-state index is 0.0860. The number of nitrogens with one attached hydrogen (secondary N) is 1. The molecule has 0 radical (unpaired) electrons. The zero-order valence-electron chi connectivity index (χ0n) is 18.9. The average Bonchev–Trinajstić information content (AvgIpc) is 3.44. The molecule has 0 unspecified atom stereocenters. The van der Waals surface area contributed by atoms with Gasteiger partial charge in [-0.25, -0.2) is 9.97 Å². The second-order valence-electron chi connectivity index (χ2n) is 8.53. The predicted molar refractivity (Wildman–Crippen MR) is 131 cm³/mol. The topological polar surface area (TPSA) is 128 Å². The van der Waals surface area contributed by atoms with Crippen LogP contribution in [0.15, 0.2) is 71.5 Å². The van der Waals surface area contributed by atoms with E-state index >= 15 is 0 Å². The van der Waals surface area contributed by atoms with E-state index in [1.54, 1.807) is 30.3 Å². The first-order chi connectivity index (χ1) is 17.0. The van der Waals surface area contributed by atoms with E-state index < -0.39 is 5.91 Å². The van der Waals surface area contributed by atoms with E-state index in [4.69, 9.17) is 10.2 Å². The Labute approximate surface area is 200 Å². The van der Waals surface area contributed by atoms with E-state index in [0.717, 1.165) is 22.2 Å². The molecule has 1 amide bonds. The first kappa shape index (κ1) is 20.8. The van der Waals surface area contributed by atoms with Crippen molar-refractivity contribution in [2.75, 3.05) is 23.3 Å². The van der Waals surface area contributed by atoms with Crippen molar-refractivity contribution in [1.29, 1.82) is 0 Å². The smallest absolute Gasteiger partial charge is 0.298 e. The molecule has 1 fully saturated rings. The summed E-state index contributed by atoms with van der Waals surface area (Å²) in [5, 5.41) is 7.15. The third-order valence-corrected chi connectivity index (χ3v) is 6.05. The molecular formula is C25H22N8O2. The number of nitrogens with two attached hydrogens (primary N) is 1. The Morgan fingerprint density at radius 2 is 1.91 bits per heavy atom. The Balaban J connectivity index is 1.18. The third-order valence-electron chi connectivity index (χ3n) is 6.05. The summed E-state index contributed by atoms with van der Waals surface area (Å²) in [4.78, 5) is 27.6. The summed E-state index contributed by atoms with van der Waals surface area (Å²) >= 11 is 0. The summed E-state index contributed by atoms with van der Waals surface area (Å²) < 4.78 is 7.70. The standard InChI is InChI=1S/C25H22N8O2/c1-32-14-18(10-28-32)29-24-22(23(26)34)30-20(11-27-24)17-12-33(13-17)25-31-19-8-7-16(9-21(19)35-25)15-5-3-2-4-6-15/h2-11,14,17H,12-13H2,1H3,(H2,26,34)(H,27,29). The van der Waals surface area contributed by atoms with E-state index in [-0.39, 0.29) is 11.6 Å². The number of fused-ring (bicyclic) bond motifs is 1. The predicted octanol–water partition coefficient (Wildman–Crippen LogP) is 3.46. The van der Waals surface area contributed by atoms with E-state index in [1.165, 1.54) is 0 Å². The molecule has 0 saturated carbocycles. The summed E-state index contributed by atoms with van der Waals surface area (Å²) in [6, 6.07) is 16.8. The number of anilines is 3. The van der Waals surface area contributed by atoms with Gasteiger partial charge < -0.3 is 20.4 Å². The first-order valence-electron chi connectivity index (χ1n) is 11.2. The zero-order chi connectivity index (χ0) is 23.9. The van der Waals surface area contributed by atoms with Gasteiger partial charge in [0.05, 0.1) is 23.8 Å². The fraction of sp³-hybridized carbons (Fsp3) is 0.160. The summed E-state index contributed by atoms with van der Waals surface area (Å²) in [7, 11) is 1.80. The van der Waals surface area contributed by atoms with Crippen LogP contribution in [0.3, 0.4) is 0 Å². The molecule has 10 heteroatoms. The Bertz CT molecular complexity index is 1540. The van der Waals surface area contributed by atoms with Crippen LogP contribution < -0.4 is 16.0 Å². The molecule has 4 heterocycles. The maximum absolute atomic E-state index is 12.0. The van der Waals surface area contributed by atoms with Crippen LogP contribution in [-0.4, -0.2) is 43.7 Å². The quantitative estimate of drug-likeness (QED) is 0.389. The van der Waals surface area contributed by atoms with Crippen molar-refractivity contribution in [2.24, 2.45) is 12.8 Å². The van der Waals surface area contributed by atoms with Crippen molar-refractivity contribution in [2.45, 2.75) is 5.92 Å². The van der Waals surface area contributed by atoms with Gasteiger partial charge in [0, 0.05) is 32.3 Å². The summed E-state index contributed by atoms with van der Waals surface area (Å²) in [5.74, 6) is -0.253. The molecule has 174 valence electrons. The van der Waals surface area contributed by atoms with Crippen LogP contribution in [0, 0.1) is 0 Å². The first-order valence-corrected chi connectivity index (χ1v) is 11.2. The number of rotatable bonds is 6. The van der Waals surface area contributed by atoms with E-state index in [9.17, 15) is 4.79 Å². The molecule has 2 aromatic carbocycles. The number of aryl methyl sites for hydroxylation is 1. The largest absolute Gasteiger partial charge is 0.423 e. The molecule has 0 spiro atoms. The number of oxazole rings is 1. The lowest BCUT2D eigenvalue weighted by atomic mass is 9.97.